The standard InChI is InChI=1S/C16H23N3/c1-2-19-12-14(11-18-7-3-4-8-18)15-9-13(10-17)5-6-16(15)19/h5-6,9,12H,2-4,7-8,10-11,17H2,1H3. The average Bonchev–Trinajstić information content (AvgIpc) is 3.07. The molecule has 1 fully saturated rings. The van der Waals surface area contributed by atoms with E-state index in [-0.39, 0.29) is 0 Å². The molecule has 3 nitrogen and oxygen atoms in total. The van der Waals surface area contributed by atoms with Gasteiger partial charge in [0.2, 0.25) is 0 Å². The summed E-state index contributed by atoms with van der Waals surface area (Å²) in [5, 5.41) is 1.39. The molecule has 0 radical (unpaired) electrons. The minimum absolute atomic E-state index is 0.621. The van der Waals surface area contributed by atoms with Crippen LogP contribution in [0.5, 0.6) is 0 Å². The minimum Gasteiger partial charge on any atom is -0.347 e. The van der Waals surface area contributed by atoms with Crippen molar-refractivity contribution >= 4 is 10.9 Å². The number of aryl methyl sites for hydroxylation is 1. The first kappa shape index (κ1) is 12.7. The molecule has 2 heterocycles. The lowest BCUT2D eigenvalue weighted by atomic mass is 10.1. The largest absolute Gasteiger partial charge is 0.347 e. The van der Waals surface area contributed by atoms with Crippen molar-refractivity contribution in [1.82, 2.24) is 9.47 Å². The van der Waals surface area contributed by atoms with Gasteiger partial charge in [0.15, 0.2) is 0 Å². The Morgan fingerprint density at radius 2 is 2.00 bits per heavy atom. The molecule has 102 valence electrons. The quantitative estimate of drug-likeness (QED) is 0.914. The molecule has 3 heteroatoms. The van der Waals surface area contributed by atoms with Crippen LogP contribution in [0.25, 0.3) is 10.9 Å². The second kappa shape index (κ2) is 5.35. The fourth-order valence-electron chi connectivity index (χ4n) is 3.11. The van der Waals surface area contributed by atoms with Crippen LogP contribution >= 0.6 is 0 Å². The summed E-state index contributed by atoms with van der Waals surface area (Å²) in [5.41, 5.74) is 9.80. The molecule has 2 aromatic rings. The number of fused-ring (bicyclic) bond motifs is 1. The van der Waals surface area contributed by atoms with Crippen LogP contribution in [0.1, 0.15) is 30.9 Å². The first-order chi connectivity index (χ1) is 9.31. The van der Waals surface area contributed by atoms with Gasteiger partial charge in [-0.25, -0.2) is 0 Å². The van der Waals surface area contributed by atoms with Crippen molar-refractivity contribution in [1.29, 1.82) is 0 Å². The fraction of sp³-hybridized carbons (Fsp3) is 0.500. The molecule has 0 unspecified atom stereocenters. The zero-order valence-corrected chi connectivity index (χ0v) is 11.7. The SMILES string of the molecule is CCn1cc(CN2CCCC2)c2cc(CN)ccc21. The predicted molar refractivity (Wildman–Crippen MR) is 80.0 cm³/mol. The maximum absolute atomic E-state index is 5.78. The maximum Gasteiger partial charge on any atom is 0.0483 e. The molecule has 1 aromatic carbocycles. The van der Waals surface area contributed by atoms with Crippen molar-refractivity contribution < 1.29 is 0 Å². The topological polar surface area (TPSA) is 34.2 Å². The van der Waals surface area contributed by atoms with Gasteiger partial charge in [0.1, 0.15) is 0 Å². The molecule has 1 aliphatic rings. The van der Waals surface area contributed by atoms with Gasteiger partial charge in [-0.2, -0.15) is 0 Å². The fourth-order valence-corrected chi connectivity index (χ4v) is 3.11. The molecule has 0 amide bonds. The Hall–Kier alpha value is -1.32. The normalized spacial score (nSPS) is 16.5. The molecule has 0 spiro atoms. The van der Waals surface area contributed by atoms with E-state index in [9.17, 15) is 0 Å². The lowest BCUT2D eigenvalue weighted by Gasteiger charge is -2.13. The third kappa shape index (κ3) is 2.40. The molecule has 1 saturated heterocycles. The summed E-state index contributed by atoms with van der Waals surface area (Å²) in [6, 6.07) is 6.63. The number of hydrogen-bond acceptors (Lipinski definition) is 2. The molecule has 0 atom stereocenters. The predicted octanol–water partition coefficient (Wildman–Crippen LogP) is 2.72. The van der Waals surface area contributed by atoms with E-state index in [4.69, 9.17) is 5.73 Å². The highest BCUT2D eigenvalue weighted by molar-refractivity contribution is 5.84. The number of aromatic nitrogens is 1. The van der Waals surface area contributed by atoms with Crippen molar-refractivity contribution in [3.8, 4) is 0 Å². The minimum atomic E-state index is 0.621. The highest BCUT2D eigenvalue weighted by atomic mass is 15.1. The summed E-state index contributed by atoms with van der Waals surface area (Å²) in [6.45, 7) is 7.42. The zero-order valence-electron chi connectivity index (χ0n) is 11.7. The van der Waals surface area contributed by atoms with Crippen LogP contribution in [0.15, 0.2) is 24.4 Å². The van der Waals surface area contributed by atoms with Gasteiger partial charge < -0.3 is 10.3 Å². The summed E-state index contributed by atoms with van der Waals surface area (Å²) in [6.07, 6.45) is 5.02. The summed E-state index contributed by atoms with van der Waals surface area (Å²) in [4.78, 5) is 2.56. The smallest absolute Gasteiger partial charge is 0.0483 e. The van der Waals surface area contributed by atoms with E-state index in [1.807, 2.05) is 0 Å². The Labute approximate surface area is 115 Å². The van der Waals surface area contributed by atoms with Crippen LogP contribution in [0.4, 0.5) is 0 Å². The summed E-state index contributed by atoms with van der Waals surface area (Å²) < 4.78 is 2.35. The molecule has 1 aliphatic heterocycles. The van der Waals surface area contributed by atoms with Gasteiger partial charge in [0, 0.05) is 36.7 Å². The highest BCUT2D eigenvalue weighted by Crippen LogP contribution is 2.25. The molecule has 0 saturated carbocycles. The van der Waals surface area contributed by atoms with Gasteiger partial charge in [-0.1, -0.05) is 6.07 Å². The van der Waals surface area contributed by atoms with Crippen molar-refractivity contribution in [3.63, 3.8) is 0 Å². The summed E-state index contributed by atoms with van der Waals surface area (Å²) in [5.74, 6) is 0. The van der Waals surface area contributed by atoms with Crippen LogP contribution in [0, 0.1) is 0 Å². The monoisotopic (exact) mass is 257 g/mol. The van der Waals surface area contributed by atoms with E-state index < -0.39 is 0 Å². The second-order valence-corrected chi connectivity index (χ2v) is 5.48. The van der Waals surface area contributed by atoms with Crippen molar-refractivity contribution in [2.45, 2.75) is 39.4 Å². The molecule has 2 N–H and O–H groups in total. The number of hydrogen-bond donors (Lipinski definition) is 1. The number of likely N-dealkylation sites (tertiary alicyclic amines) is 1. The molecule has 3 rings (SSSR count). The van der Waals surface area contributed by atoms with Crippen LogP contribution < -0.4 is 5.73 Å². The number of benzene rings is 1. The molecular weight excluding hydrogens is 234 g/mol. The Morgan fingerprint density at radius 1 is 1.21 bits per heavy atom. The highest BCUT2D eigenvalue weighted by Gasteiger charge is 2.15. The zero-order chi connectivity index (χ0) is 13.2. The Bertz CT molecular complexity index is 565. The second-order valence-electron chi connectivity index (χ2n) is 5.48. The molecule has 19 heavy (non-hydrogen) atoms. The Morgan fingerprint density at radius 3 is 2.68 bits per heavy atom. The van der Waals surface area contributed by atoms with E-state index in [2.05, 4.69) is 40.8 Å². The van der Waals surface area contributed by atoms with Gasteiger partial charge in [0.25, 0.3) is 0 Å². The summed E-state index contributed by atoms with van der Waals surface area (Å²) >= 11 is 0. The van der Waals surface area contributed by atoms with Crippen LogP contribution in [0.3, 0.4) is 0 Å². The van der Waals surface area contributed by atoms with Gasteiger partial charge in [0.05, 0.1) is 0 Å². The van der Waals surface area contributed by atoms with Crippen molar-refractivity contribution in [3.05, 3.63) is 35.5 Å². The van der Waals surface area contributed by atoms with Crippen LogP contribution in [-0.2, 0) is 19.6 Å². The summed E-state index contributed by atoms with van der Waals surface area (Å²) in [7, 11) is 0. The average molecular weight is 257 g/mol. The van der Waals surface area contributed by atoms with E-state index in [1.165, 1.54) is 48.0 Å². The number of nitrogens with zero attached hydrogens (tertiary/aromatic N) is 2. The first-order valence-corrected chi connectivity index (χ1v) is 7.35. The van der Waals surface area contributed by atoms with Crippen LogP contribution in [0.2, 0.25) is 0 Å². The first-order valence-electron chi connectivity index (χ1n) is 7.35. The lowest BCUT2D eigenvalue weighted by Crippen LogP contribution is -2.18. The Balaban J connectivity index is 2.00. The van der Waals surface area contributed by atoms with Gasteiger partial charge in [-0.15, -0.1) is 0 Å². The molecule has 0 aliphatic carbocycles. The van der Waals surface area contributed by atoms with Crippen LogP contribution in [-0.4, -0.2) is 22.6 Å². The van der Waals surface area contributed by atoms with E-state index >= 15 is 0 Å². The maximum atomic E-state index is 5.78. The molecule has 0 bridgehead atoms. The van der Waals surface area contributed by atoms with Gasteiger partial charge in [-0.3, -0.25) is 4.90 Å². The third-order valence-corrected chi connectivity index (χ3v) is 4.20. The van der Waals surface area contributed by atoms with Crippen molar-refractivity contribution in [2.24, 2.45) is 5.73 Å². The van der Waals surface area contributed by atoms with E-state index in [0.29, 0.717) is 6.54 Å². The lowest BCUT2D eigenvalue weighted by molar-refractivity contribution is 0.332. The van der Waals surface area contributed by atoms with Gasteiger partial charge >= 0.3 is 0 Å². The molecular formula is C16H23N3. The van der Waals surface area contributed by atoms with E-state index in [0.717, 1.165) is 13.1 Å². The van der Waals surface area contributed by atoms with E-state index in [1.54, 1.807) is 0 Å². The molecule has 1 aromatic heterocycles. The third-order valence-electron chi connectivity index (χ3n) is 4.20. The Kier molecular flexibility index (Phi) is 3.58. The van der Waals surface area contributed by atoms with Gasteiger partial charge in [-0.05, 0) is 56.1 Å². The number of rotatable bonds is 4. The number of nitrogens with two attached hydrogens (primary N) is 1. The van der Waals surface area contributed by atoms with Crippen molar-refractivity contribution in [2.75, 3.05) is 13.1 Å².